The maximum Gasteiger partial charge on any atom is 0.226 e. The van der Waals surface area contributed by atoms with Crippen molar-refractivity contribution in [1.29, 1.82) is 0 Å². The fraction of sp³-hybridized carbons (Fsp3) is 0.154. The van der Waals surface area contributed by atoms with Crippen molar-refractivity contribution in [2.45, 2.75) is 4.90 Å². The Morgan fingerprint density at radius 1 is 1.20 bits per heavy atom. The first-order valence-electron chi connectivity index (χ1n) is 6.10. The molecule has 3 N–H and O–H groups in total. The number of aromatic nitrogens is 4. The SMILES string of the molecule is CNc1nc(Nc2ccccc2SC)c2[nH]cnc2n1. The number of fused-ring (bicyclic) bond motifs is 1. The zero-order chi connectivity index (χ0) is 13.9. The maximum atomic E-state index is 4.45. The molecule has 3 rings (SSSR count). The van der Waals surface area contributed by atoms with E-state index < -0.39 is 0 Å². The van der Waals surface area contributed by atoms with Crippen LogP contribution in [-0.4, -0.2) is 33.2 Å². The van der Waals surface area contributed by atoms with Gasteiger partial charge >= 0.3 is 0 Å². The van der Waals surface area contributed by atoms with Crippen LogP contribution < -0.4 is 10.6 Å². The highest BCUT2D eigenvalue weighted by molar-refractivity contribution is 7.98. The van der Waals surface area contributed by atoms with Gasteiger partial charge in [-0.05, 0) is 18.4 Å². The van der Waals surface area contributed by atoms with Crippen LogP contribution in [0.3, 0.4) is 0 Å². The zero-order valence-corrected chi connectivity index (χ0v) is 12.0. The van der Waals surface area contributed by atoms with Crippen LogP contribution in [0, 0.1) is 0 Å². The summed E-state index contributed by atoms with van der Waals surface area (Å²) in [4.78, 5) is 17.1. The van der Waals surface area contributed by atoms with E-state index in [9.17, 15) is 0 Å². The molecule has 0 fully saturated rings. The standard InChI is InChI=1S/C13H14N6S/c1-14-13-18-11-10(15-7-16-11)12(19-13)17-8-5-3-4-6-9(8)20-2/h3-7H,1-2H3,(H3,14,15,16,17,18,19). The van der Waals surface area contributed by atoms with E-state index in [1.54, 1.807) is 25.1 Å². The fourth-order valence-corrected chi connectivity index (χ4v) is 2.46. The molecule has 0 aliphatic rings. The molecule has 102 valence electrons. The largest absolute Gasteiger partial charge is 0.357 e. The molecular weight excluding hydrogens is 272 g/mol. The first-order chi connectivity index (χ1) is 9.81. The Hall–Kier alpha value is -2.28. The minimum atomic E-state index is 0.536. The quantitative estimate of drug-likeness (QED) is 0.640. The summed E-state index contributed by atoms with van der Waals surface area (Å²) in [5.74, 6) is 1.24. The molecule has 7 heteroatoms. The number of anilines is 3. The Morgan fingerprint density at radius 2 is 2.05 bits per heavy atom. The van der Waals surface area contributed by atoms with Gasteiger partial charge in [0.25, 0.3) is 0 Å². The van der Waals surface area contributed by atoms with E-state index >= 15 is 0 Å². The zero-order valence-electron chi connectivity index (χ0n) is 11.1. The third kappa shape index (κ3) is 2.27. The topological polar surface area (TPSA) is 78.5 Å². The summed E-state index contributed by atoms with van der Waals surface area (Å²) in [5, 5.41) is 6.29. The van der Waals surface area contributed by atoms with Gasteiger partial charge in [-0.15, -0.1) is 11.8 Å². The van der Waals surface area contributed by atoms with E-state index in [1.807, 2.05) is 24.5 Å². The van der Waals surface area contributed by atoms with Gasteiger partial charge in [0, 0.05) is 11.9 Å². The number of nitrogens with zero attached hydrogens (tertiary/aromatic N) is 3. The van der Waals surface area contributed by atoms with Gasteiger partial charge in [-0.3, -0.25) is 0 Å². The highest BCUT2D eigenvalue weighted by Gasteiger charge is 2.10. The molecule has 3 aromatic rings. The number of imidazole rings is 1. The molecule has 0 amide bonds. The molecular formula is C13H14N6S. The second-order valence-electron chi connectivity index (χ2n) is 4.07. The summed E-state index contributed by atoms with van der Waals surface area (Å²) in [6.07, 6.45) is 3.66. The lowest BCUT2D eigenvalue weighted by molar-refractivity contribution is 1.17. The van der Waals surface area contributed by atoms with Gasteiger partial charge in [0.2, 0.25) is 5.95 Å². The normalized spacial score (nSPS) is 10.7. The fourth-order valence-electron chi connectivity index (χ4n) is 1.91. The minimum Gasteiger partial charge on any atom is -0.357 e. The molecule has 0 aliphatic carbocycles. The Kier molecular flexibility index (Phi) is 3.42. The Labute approximate surface area is 120 Å². The van der Waals surface area contributed by atoms with Crippen LogP contribution in [0.1, 0.15) is 0 Å². The summed E-state index contributed by atoms with van der Waals surface area (Å²) in [6, 6.07) is 8.10. The molecule has 0 aliphatic heterocycles. The van der Waals surface area contributed by atoms with Crippen LogP contribution in [0.15, 0.2) is 35.5 Å². The minimum absolute atomic E-state index is 0.536. The molecule has 0 saturated carbocycles. The van der Waals surface area contributed by atoms with Crippen molar-refractivity contribution in [2.24, 2.45) is 0 Å². The van der Waals surface area contributed by atoms with E-state index in [-0.39, 0.29) is 0 Å². The van der Waals surface area contributed by atoms with Crippen molar-refractivity contribution in [3.8, 4) is 0 Å². The summed E-state index contributed by atoms with van der Waals surface area (Å²) in [5.41, 5.74) is 2.44. The van der Waals surface area contributed by atoms with Crippen LogP contribution in [0.4, 0.5) is 17.5 Å². The van der Waals surface area contributed by atoms with Crippen LogP contribution in [0.5, 0.6) is 0 Å². The first-order valence-corrected chi connectivity index (χ1v) is 7.33. The lowest BCUT2D eigenvalue weighted by Crippen LogP contribution is -2.02. The Balaban J connectivity index is 2.07. The summed E-state index contributed by atoms with van der Waals surface area (Å²) in [6.45, 7) is 0. The predicted octanol–water partition coefficient (Wildman–Crippen LogP) is 2.86. The molecule has 20 heavy (non-hydrogen) atoms. The average molecular weight is 286 g/mol. The molecule has 0 radical (unpaired) electrons. The van der Waals surface area contributed by atoms with Crippen molar-refractivity contribution in [1.82, 2.24) is 19.9 Å². The van der Waals surface area contributed by atoms with Crippen LogP contribution in [-0.2, 0) is 0 Å². The van der Waals surface area contributed by atoms with Crippen molar-refractivity contribution in [3.63, 3.8) is 0 Å². The second-order valence-corrected chi connectivity index (χ2v) is 4.92. The van der Waals surface area contributed by atoms with Gasteiger partial charge in [-0.25, -0.2) is 4.98 Å². The highest BCUT2D eigenvalue weighted by atomic mass is 32.2. The summed E-state index contributed by atoms with van der Waals surface area (Å²) in [7, 11) is 1.79. The second kappa shape index (κ2) is 5.38. The number of hydrogen-bond donors (Lipinski definition) is 3. The lowest BCUT2D eigenvalue weighted by Gasteiger charge is -2.11. The van der Waals surface area contributed by atoms with E-state index in [2.05, 4.69) is 36.6 Å². The molecule has 0 bridgehead atoms. The van der Waals surface area contributed by atoms with Gasteiger partial charge < -0.3 is 15.6 Å². The van der Waals surface area contributed by atoms with E-state index in [0.29, 0.717) is 17.4 Å². The average Bonchev–Trinajstić information content (AvgIpc) is 2.96. The molecule has 0 atom stereocenters. The van der Waals surface area contributed by atoms with Crippen LogP contribution in [0.2, 0.25) is 0 Å². The Morgan fingerprint density at radius 3 is 2.85 bits per heavy atom. The van der Waals surface area contributed by atoms with E-state index in [4.69, 9.17) is 0 Å². The monoisotopic (exact) mass is 286 g/mol. The van der Waals surface area contributed by atoms with Crippen molar-refractivity contribution >= 4 is 40.4 Å². The molecule has 0 saturated heterocycles. The smallest absolute Gasteiger partial charge is 0.226 e. The highest BCUT2D eigenvalue weighted by Crippen LogP contribution is 2.29. The molecule has 6 nitrogen and oxygen atoms in total. The van der Waals surface area contributed by atoms with Crippen LogP contribution >= 0.6 is 11.8 Å². The maximum absolute atomic E-state index is 4.45. The van der Waals surface area contributed by atoms with Crippen LogP contribution in [0.25, 0.3) is 11.2 Å². The van der Waals surface area contributed by atoms with Gasteiger partial charge in [0.1, 0.15) is 5.52 Å². The number of H-pyrrole nitrogens is 1. The number of aromatic amines is 1. The van der Waals surface area contributed by atoms with Gasteiger partial charge in [-0.2, -0.15) is 9.97 Å². The third-order valence-corrected chi connectivity index (χ3v) is 3.67. The number of hydrogen-bond acceptors (Lipinski definition) is 6. The number of thioether (sulfide) groups is 1. The predicted molar refractivity (Wildman–Crippen MR) is 82.7 cm³/mol. The molecule has 1 aromatic carbocycles. The van der Waals surface area contributed by atoms with Crippen molar-refractivity contribution in [3.05, 3.63) is 30.6 Å². The van der Waals surface area contributed by atoms with Gasteiger partial charge in [0.05, 0.1) is 12.0 Å². The van der Waals surface area contributed by atoms with E-state index in [1.165, 1.54) is 0 Å². The van der Waals surface area contributed by atoms with Crippen molar-refractivity contribution < 1.29 is 0 Å². The Bertz CT molecular complexity index is 739. The third-order valence-electron chi connectivity index (χ3n) is 2.87. The molecule has 2 heterocycles. The number of benzene rings is 1. The van der Waals surface area contributed by atoms with Gasteiger partial charge in [-0.1, -0.05) is 12.1 Å². The lowest BCUT2D eigenvalue weighted by atomic mass is 10.3. The number of rotatable bonds is 4. The van der Waals surface area contributed by atoms with Gasteiger partial charge in [0.15, 0.2) is 11.5 Å². The van der Waals surface area contributed by atoms with Crippen molar-refractivity contribution in [2.75, 3.05) is 23.9 Å². The first kappa shape index (κ1) is 12.7. The number of para-hydroxylation sites is 1. The van der Waals surface area contributed by atoms with E-state index in [0.717, 1.165) is 16.1 Å². The summed E-state index contributed by atoms with van der Waals surface area (Å²) < 4.78 is 0. The number of nitrogens with one attached hydrogen (secondary N) is 3. The summed E-state index contributed by atoms with van der Waals surface area (Å²) >= 11 is 1.68. The molecule has 0 unspecified atom stereocenters. The molecule has 2 aromatic heterocycles. The molecule has 0 spiro atoms.